The highest BCUT2D eigenvalue weighted by molar-refractivity contribution is 4.92. The van der Waals surface area contributed by atoms with E-state index in [0.29, 0.717) is 0 Å². The predicted octanol–water partition coefficient (Wildman–Crippen LogP) is 1.87. The van der Waals surface area contributed by atoms with Gasteiger partial charge in [0.2, 0.25) is 0 Å². The number of likely N-dealkylation sites (N-methyl/N-ethyl adjacent to an activating group) is 1. The lowest BCUT2D eigenvalue weighted by Crippen LogP contribution is -2.39. The Morgan fingerprint density at radius 1 is 1.46 bits per heavy atom. The molecule has 0 aromatic carbocycles. The predicted molar refractivity (Wildman–Crippen MR) is 59.8 cm³/mol. The Balaban J connectivity index is 4.04. The lowest BCUT2D eigenvalue weighted by atomic mass is 9.93. The van der Waals surface area contributed by atoms with Crippen LogP contribution in [0.15, 0.2) is 12.2 Å². The average molecular weight is 184 g/mol. The summed E-state index contributed by atoms with van der Waals surface area (Å²) in [6, 6.07) is 0. The van der Waals surface area contributed by atoms with E-state index in [1.165, 1.54) is 5.57 Å². The van der Waals surface area contributed by atoms with E-state index >= 15 is 0 Å². The lowest BCUT2D eigenvalue weighted by molar-refractivity contribution is 0.203. The topological polar surface area (TPSA) is 29.3 Å². The van der Waals surface area contributed by atoms with Crippen LogP contribution in [0.1, 0.15) is 27.7 Å². The van der Waals surface area contributed by atoms with Gasteiger partial charge in [-0.2, -0.15) is 0 Å². The fourth-order valence-corrected chi connectivity index (χ4v) is 1.33. The van der Waals surface area contributed by atoms with Crippen molar-refractivity contribution in [1.82, 2.24) is 4.90 Å². The molecule has 0 atom stereocenters. The Morgan fingerprint density at radius 2 is 2.00 bits per heavy atom. The standard InChI is InChI=1S/C11H24N2/c1-6-13(7-10(2)3)9-11(4,5)8-12/h2,6-9,12H2,1,3-5H3. The van der Waals surface area contributed by atoms with Crippen LogP contribution < -0.4 is 5.73 Å². The molecule has 0 unspecified atom stereocenters. The Kier molecular flexibility index (Phi) is 5.26. The quantitative estimate of drug-likeness (QED) is 0.639. The number of hydrogen-bond donors (Lipinski definition) is 1. The molecule has 0 aromatic heterocycles. The Hall–Kier alpha value is -0.340. The van der Waals surface area contributed by atoms with Gasteiger partial charge in [-0.25, -0.2) is 0 Å². The van der Waals surface area contributed by atoms with E-state index in [9.17, 15) is 0 Å². The maximum atomic E-state index is 5.69. The molecule has 0 saturated heterocycles. The molecule has 0 radical (unpaired) electrons. The van der Waals surface area contributed by atoms with Gasteiger partial charge in [-0.3, -0.25) is 4.90 Å². The van der Waals surface area contributed by atoms with Gasteiger partial charge >= 0.3 is 0 Å². The van der Waals surface area contributed by atoms with E-state index < -0.39 is 0 Å². The van der Waals surface area contributed by atoms with Gasteiger partial charge in [-0.15, -0.1) is 0 Å². The lowest BCUT2D eigenvalue weighted by Gasteiger charge is -2.31. The van der Waals surface area contributed by atoms with E-state index in [2.05, 4.69) is 39.2 Å². The van der Waals surface area contributed by atoms with Crippen LogP contribution in [0.2, 0.25) is 0 Å². The second-order valence-corrected chi connectivity index (χ2v) is 4.63. The van der Waals surface area contributed by atoms with Crippen molar-refractivity contribution in [2.75, 3.05) is 26.2 Å². The molecule has 0 saturated carbocycles. The fourth-order valence-electron chi connectivity index (χ4n) is 1.33. The molecule has 0 aliphatic heterocycles. The van der Waals surface area contributed by atoms with Crippen molar-refractivity contribution in [3.8, 4) is 0 Å². The average Bonchev–Trinajstić information content (AvgIpc) is 2.02. The van der Waals surface area contributed by atoms with Gasteiger partial charge in [0.05, 0.1) is 0 Å². The number of nitrogens with zero attached hydrogens (tertiary/aromatic N) is 1. The first-order valence-corrected chi connectivity index (χ1v) is 4.98. The maximum Gasteiger partial charge on any atom is 0.0187 e. The molecule has 0 bridgehead atoms. The van der Waals surface area contributed by atoms with E-state index in [1.807, 2.05) is 0 Å². The minimum atomic E-state index is 0.214. The molecule has 0 fully saturated rings. The van der Waals surface area contributed by atoms with Crippen LogP contribution in [-0.4, -0.2) is 31.1 Å². The molecule has 78 valence electrons. The van der Waals surface area contributed by atoms with Crippen molar-refractivity contribution < 1.29 is 0 Å². The molecule has 2 heteroatoms. The minimum absolute atomic E-state index is 0.214. The molecule has 2 N–H and O–H groups in total. The summed E-state index contributed by atoms with van der Waals surface area (Å²) in [7, 11) is 0. The van der Waals surface area contributed by atoms with Gasteiger partial charge in [0.15, 0.2) is 0 Å². The second kappa shape index (κ2) is 5.40. The molecule has 0 rings (SSSR count). The zero-order chi connectivity index (χ0) is 10.5. The smallest absolute Gasteiger partial charge is 0.0187 e. The van der Waals surface area contributed by atoms with Gasteiger partial charge in [-0.05, 0) is 25.4 Å². The van der Waals surface area contributed by atoms with Gasteiger partial charge < -0.3 is 5.73 Å². The van der Waals surface area contributed by atoms with Crippen LogP contribution in [-0.2, 0) is 0 Å². The van der Waals surface area contributed by atoms with Crippen LogP contribution in [0.3, 0.4) is 0 Å². The summed E-state index contributed by atoms with van der Waals surface area (Å²) in [6.07, 6.45) is 0. The van der Waals surface area contributed by atoms with Crippen molar-refractivity contribution in [1.29, 1.82) is 0 Å². The van der Waals surface area contributed by atoms with Crippen molar-refractivity contribution in [3.05, 3.63) is 12.2 Å². The molecule has 0 heterocycles. The normalized spacial score (nSPS) is 12.2. The Morgan fingerprint density at radius 3 is 2.31 bits per heavy atom. The second-order valence-electron chi connectivity index (χ2n) is 4.63. The Bertz CT molecular complexity index is 161. The largest absolute Gasteiger partial charge is 0.330 e. The number of nitrogens with two attached hydrogens (primary N) is 1. The third-order valence-electron chi connectivity index (χ3n) is 2.14. The number of hydrogen-bond acceptors (Lipinski definition) is 2. The molecular weight excluding hydrogens is 160 g/mol. The molecule has 0 aliphatic rings. The zero-order valence-electron chi connectivity index (χ0n) is 9.56. The molecule has 2 nitrogen and oxygen atoms in total. The first-order chi connectivity index (χ1) is 5.91. The molecular formula is C11H24N2. The van der Waals surface area contributed by atoms with E-state index in [-0.39, 0.29) is 5.41 Å². The third-order valence-corrected chi connectivity index (χ3v) is 2.14. The van der Waals surface area contributed by atoms with Crippen LogP contribution in [0.5, 0.6) is 0 Å². The van der Waals surface area contributed by atoms with Crippen LogP contribution in [0.25, 0.3) is 0 Å². The number of rotatable bonds is 6. The highest BCUT2D eigenvalue weighted by atomic mass is 15.1. The summed E-state index contributed by atoms with van der Waals surface area (Å²) in [5, 5.41) is 0. The van der Waals surface area contributed by atoms with E-state index in [1.54, 1.807) is 0 Å². The van der Waals surface area contributed by atoms with E-state index in [0.717, 1.165) is 26.2 Å². The molecule has 0 amide bonds. The Labute approximate surface area is 82.8 Å². The summed E-state index contributed by atoms with van der Waals surface area (Å²) in [6.45, 7) is 16.4. The summed E-state index contributed by atoms with van der Waals surface area (Å²) in [5.74, 6) is 0. The molecule has 0 aromatic rings. The molecule has 13 heavy (non-hydrogen) atoms. The van der Waals surface area contributed by atoms with Crippen LogP contribution >= 0.6 is 0 Å². The molecule has 0 spiro atoms. The summed E-state index contributed by atoms with van der Waals surface area (Å²) in [5.41, 5.74) is 7.12. The highest BCUT2D eigenvalue weighted by Crippen LogP contribution is 2.15. The SMILES string of the molecule is C=C(C)CN(CC)CC(C)(C)CN. The summed E-state index contributed by atoms with van der Waals surface area (Å²) in [4.78, 5) is 2.38. The highest BCUT2D eigenvalue weighted by Gasteiger charge is 2.18. The molecule has 0 aliphatic carbocycles. The summed E-state index contributed by atoms with van der Waals surface area (Å²) >= 11 is 0. The minimum Gasteiger partial charge on any atom is -0.330 e. The summed E-state index contributed by atoms with van der Waals surface area (Å²) < 4.78 is 0. The van der Waals surface area contributed by atoms with Crippen LogP contribution in [0.4, 0.5) is 0 Å². The van der Waals surface area contributed by atoms with Gasteiger partial charge in [0.25, 0.3) is 0 Å². The van der Waals surface area contributed by atoms with Crippen molar-refractivity contribution in [2.24, 2.45) is 11.1 Å². The fraction of sp³-hybridized carbons (Fsp3) is 0.818. The van der Waals surface area contributed by atoms with Gasteiger partial charge in [-0.1, -0.05) is 32.9 Å². The zero-order valence-corrected chi connectivity index (χ0v) is 9.56. The van der Waals surface area contributed by atoms with Crippen LogP contribution in [0, 0.1) is 5.41 Å². The van der Waals surface area contributed by atoms with Gasteiger partial charge in [0, 0.05) is 13.1 Å². The van der Waals surface area contributed by atoms with Crippen molar-refractivity contribution in [2.45, 2.75) is 27.7 Å². The van der Waals surface area contributed by atoms with Gasteiger partial charge in [0.1, 0.15) is 0 Å². The third kappa shape index (κ3) is 5.83. The first kappa shape index (κ1) is 12.7. The first-order valence-electron chi connectivity index (χ1n) is 4.98. The van der Waals surface area contributed by atoms with Crippen molar-refractivity contribution >= 4 is 0 Å². The van der Waals surface area contributed by atoms with E-state index in [4.69, 9.17) is 5.73 Å². The maximum absolute atomic E-state index is 5.69. The van der Waals surface area contributed by atoms with Crippen molar-refractivity contribution in [3.63, 3.8) is 0 Å². The monoisotopic (exact) mass is 184 g/mol.